The molecule has 0 aromatic heterocycles. The first-order valence-electron chi connectivity index (χ1n) is 7.95. The fraction of sp³-hybridized carbons (Fsp3) is 1.00. The van der Waals surface area contributed by atoms with E-state index in [9.17, 15) is 0 Å². The highest BCUT2D eigenvalue weighted by Crippen LogP contribution is 2.28. The van der Waals surface area contributed by atoms with Crippen molar-refractivity contribution in [2.24, 2.45) is 11.8 Å². The van der Waals surface area contributed by atoms with Gasteiger partial charge in [0.25, 0.3) is 0 Å². The molecule has 0 aromatic carbocycles. The van der Waals surface area contributed by atoms with Gasteiger partial charge in [-0.15, -0.1) is 0 Å². The molecule has 2 atom stereocenters. The van der Waals surface area contributed by atoms with Crippen LogP contribution in [-0.4, -0.2) is 12.6 Å². The third kappa shape index (κ3) is 7.08. The van der Waals surface area contributed by atoms with Crippen molar-refractivity contribution in [1.82, 2.24) is 5.32 Å². The van der Waals surface area contributed by atoms with E-state index in [1.54, 1.807) is 0 Å². The molecule has 1 rings (SSSR count). The molecule has 1 fully saturated rings. The number of rotatable bonds is 7. The van der Waals surface area contributed by atoms with Crippen LogP contribution in [0.5, 0.6) is 0 Å². The normalized spacial score (nSPS) is 26.1. The average Bonchev–Trinajstić information content (AvgIpc) is 2.51. The van der Waals surface area contributed by atoms with Crippen LogP contribution in [0.25, 0.3) is 0 Å². The Kier molecular flexibility index (Phi) is 7.92. The summed E-state index contributed by atoms with van der Waals surface area (Å²) in [5, 5.41) is 3.74. The van der Waals surface area contributed by atoms with Crippen molar-refractivity contribution < 1.29 is 0 Å². The molecule has 1 N–H and O–H groups in total. The van der Waals surface area contributed by atoms with E-state index in [0.717, 1.165) is 17.9 Å². The minimum Gasteiger partial charge on any atom is -0.314 e. The van der Waals surface area contributed by atoms with Crippen LogP contribution in [0.3, 0.4) is 0 Å². The van der Waals surface area contributed by atoms with E-state index in [1.165, 1.54) is 64.3 Å². The van der Waals surface area contributed by atoms with E-state index in [2.05, 4.69) is 26.1 Å². The van der Waals surface area contributed by atoms with Crippen molar-refractivity contribution in [3.63, 3.8) is 0 Å². The van der Waals surface area contributed by atoms with Gasteiger partial charge in [-0.2, -0.15) is 0 Å². The van der Waals surface area contributed by atoms with E-state index >= 15 is 0 Å². The zero-order valence-corrected chi connectivity index (χ0v) is 12.3. The predicted molar refractivity (Wildman–Crippen MR) is 77.3 cm³/mol. The van der Waals surface area contributed by atoms with E-state index in [4.69, 9.17) is 0 Å². The lowest BCUT2D eigenvalue weighted by atomic mass is 9.91. The molecule has 0 spiro atoms. The van der Waals surface area contributed by atoms with E-state index in [0.29, 0.717) is 0 Å². The molecule has 102 valence electrons. The molecule has 1 saturated carbocycles. The molecule has 0 heterocycles. The first kappa shape index (κ1) is 15.0. The zero-order valence-electron chi connectivity index (χ0n) is 12.3. The Morgan fingerprint density at radius 3 is 2.65 bits per heavy atom. The van der Waals surface area contributed by atoms with E-state index in [-0.39, 0.29) is 0 Å². The van der Waals surface area contributed by atoms with Crippen LogP contribution < -0.4 is 5.32 Å². The number of hydrogen-bond donors (Lipinski definition) is 1. The quantitative estimate of drug-likeness (QED) is 0.632. The van der Waals surface area contributed by atoms with Crippen molar-refractivity contribution in [3.05, 3.63) is 0 Å². The molecule has 17 heavy (non-hydrogen) atoms. The lowest BCUT2D eigenvalue weighted by Crippen LogP contribution is -2.30. The Balaban J connectivity index is 2.22. The topological polar surface area (TPSA) is 12.0 Å². The number of nitrogens with one attached hydrogen (secondary N) is 1. The summed E-state index contributed by atoms with van der Waals surface area (Å²) in [6.07, 6.45) is 12.9. The van der Waals surface area contributed by atoms with Gasteiger partial charge >= 0.3 is 0 Å². The summed E-state index contributed by atoms with van der Waals surface area (Å²) < 4.78 is 0. The Morgan fingerprint density at radius 1 is 1.18 bits per heavy atom. The van der Waals surface area contributed by atoms with Gasteiger partial charge in [-0.25, -0.2) is 0 Å². The van der Waals surface area contributed by atoms with Gasteiger partial charge in [0.15, 0.2) is 0 Å². The van der Waals surface area contributed by atoms with Gasteiger partial charge in [0.1, 0.15) is 0 Å². The molecule has 1 nitrogen and oxygen atoms in total. The van der Waals surface area contributed by atoms with Crippen LogP contribution in [0.15, 0.2) is 0 Å². The Bertz CT molecular complexity index is 176. The first-order chi connectivity index (χ1) is 8.22. The number of hydrogen-bond acceptors (Lipinski definition) is 1. The van der Waals surface area contributed by atoms with Crippen molar-refractivity contribution in [2.75, 3.05) is 6.54 Å². The fourth-order valence-electron chi connectivity index (χ4n) is 3.07. The summed E-state index contributed by atoms with van der Waals surface area (Å²) in [6, 6.07) is 0.821. The molecule has 0 aliphatic heterocycles. The van der Waals surface area contributed by atoms with Crippen LogP contribution in [0.1, 0.15) is 78.6 Å². The Hall–Kier alpha value is -0.0400. The van der Waals surface area contributed by atoms with Crippen LogP contribution in [0.2, 0.25) is 0 Å². The second kappa shape index (κ2) is 8.97. The minimum absolute atomic E-state index is 0.821. The zero-order chi connectivity index (χ0) is 12.5. The van der Waals surface area contributed by atoms with Gasteiger partial charge < -0.3 is 5.32 Å². The van der Waals surface area contributed by atoms with E-state index < -0.39 is 0 Å². The maximum atomic E-state index is 3.74. The van der Waals surface area contributed by atoms with Gasteiger partial charge in [0.05, 0.1) is 0 Å². The first-order valence-corrected chi connectivity index (χ1v) is 7.95. The smallest absolute Gasteiger partial charge is 0.00696 e. The lowest BCUT2D eigenvalue weighted by molar-refractivity contribution is 0.351. The molecule has 1 aliphatic rings. The third-order valence-corrected chi connectivity index (χ3v) is 4.11. The van der Waals surface area contributed by atoms with Crippen molar-refractivity contribution in [2.45, 2.75) is 84.6 Å². The van der Waals surface area contributed by atoms with Gasteiger partial charge in [-0.05, 0) is 37.6 Å². The predicted octanol–water partition coefficient (Wildman–Crippen LogP) is 4.76. The summed E-state index contributed by atoms with van der Waals surface area (Å²) >= 11 is 0. The monoisotopic (exact) mass is 239 g/mol. The summed E-state index contributed by atoms with van der Waals surface area (Å²) in [5.74, 6) is 1.89. The Labute approximate surface area is 109 Å². The second-order valence-electron chi connectivity index (χ2n) is 6.36. The molecule has 1 aliphatic carbocycles. The molecular formula is C16H33N. The summed E-state index contributed by atoms with van der Waals surface area (Å²) in [7, 11) is 0. The summed E-state index contributed by atoms with van der Waals surface area (Å²) in [5.41, 5.74) is 0. The lowest BCUT2D eigenvalue weighted by Gasteiger charge is -2.21. The van der Waals surface area contributed by atoms with Gasteiger partial charge in [0.2, 0.25) is 0 Å². The van der Waals surface area contributed by atoms with Gasteiger partial charge in [-0.3, -0.25) is 0 Å². The molecule has 0 radical (unpaired) electrons. The maximum absolute atomic E-state index is 3.74. The SMILES string of the molecule is CCCNC1CCCCC(CCCC(C)C)C1. The molecular weight excluding hydrogens is 206 g/mol. The average molecular weight is 239 g/mol. The van der Waals surface area contributed by atoms with E-state index in [1.807, 2.05) is 0 Å². The molecule has 0 bridgehead atoms. The molecule has 0 saturated heterocycles. The summed E-state index contributed by atoms with van der Waals surface area (Å²) in [6.45, 7) is 8.17. The highest BCUT2D eigenvalue weighted by molar-refractivity contribution is 4.76. The van der Waals surface area contributed by atoms with Crippen LogP contribution in [0.4, 0.5) is 0 Å². The van der Waals surface area contributed by atoms with Crippen molar-refractivity contribution in [1.29, 1.82) is 0 Å². The molecule has 0 aromatic rings. The molecule has 1 heteroatoms. The highest BCUT2D eigenvalue weighted by Gasteiger charge is 2.19. The Morgan fingerprint density at radius 2 is 1.94 bits per heavy atom. The van der Waals surface area contributed by atoms with Crippen LogP contribution in [-0.2, 0) is 0 Å². The highest BCUT2D eigenvalue weighted by atomic mass is 14.9. The van der Waals surface area contributed by atoms with Crippen LogP contribution in [0, 0.1) is 11.8 Å². The molecule has 0 amide bonds. The van der Waals surface area contributed by atoms with Gasteiger partial charge in [-0.1, -0.05) is 59.3 Å². The van der Waals surface area contributed by atoms with Crippen molar-refractivity contribution >= 4 is 0 Å². The maximum Gasteiger partial charge on any atom is 0.00696 e. The van der Waals surface area contributed by atoms with Gasteiger partial charge in [0, 0.05) is 6.04 Å². The van der Waals surface area contributed by atoms with Crippen LogP contribution >= 0.6 is 0 Å². The second-order valence-corrected chi connectivity index (χ2v) is 6.36. The fourth-order valence-corrected chi connectivity index (χ4v) is 3.07. The van der Waals surface area contributed by atoms with Crippen molar-refractivity contribution in [3.8, 4) is 0 Å². The minimum atomic E-state index is 0.821. The summed E-state index contributed by atoms with van der Waals surface area (Å²) in [4.78, 5) is 0. The largest absolute Gasteiger partial charge is 0.314 e. The standard InChI is InChI=1S/C16H33N/c1-4-12-17-16-11-6-5-9-15(13-16)10-7-8-14(2)3/h14-17H,4-13H2,1-3H3. The molecule has 2 unspecified atom stereocenters. The third-order valence-electron chi connectivity index (χ3n) is 4.11.